The number of unbranched alkanes of at least 4 members (excludes halogenated alkanes) is 12. The van der Waals surface area contributed by atoms with Gasteiger partial charge in [-0.15, -0.1) is 0 Å². The quantitative estimate of drug-likeness (QED) is 0.0750. The number of nitrogens with one attached hydrogen (secondary N) is 1. The second-order valence-electron chi connectivity index (χ2n) is 16.7. The lowest BCUT2D eigenvalue weighted by atomic mass is 9.69. The Kier molecular flexibility index (Phi) is 15.4. The molecule has 2 bridgehead atoms. The van der Waals surface area contributed by atoms with Crippen molar-refractivity contribution in [3.8, 4) is 0 Å². The lowest BCUT2D eigenvalue weighted by molar-refractivity contribution is -0.142. The van der Waals surface area contributed by atoms with Crippen molar-refractivity contribution in [2.24, 2.45) is 16.7 Å². The summed E-state index contributed by atoms with van der Waals surface area (Å²) >= 11 is 0. The zero-order chi connectivity index (χ0) is 40.2. The van der Waals surface area contributed by atoms with E-state index in [0.717, 1.165) is 36.4 Å². The van der Waals surface area contributed by atoms with Crippen molar-refractivity contribution < 1.29 is 37.1 Å². The number of fused-ring (bicyclic) bond motifs is 1. The van der Waals surface area contributed by atoms with Gasteiger partial charge in [0.2, 0.25) is 10.0 Å². The molecule has 0 aromatic heterocycles. The van der Waals surface area contributed by atoms with Crippen molar-refractivity contribution in [2.75, 3.05) is 5.75 Å². The van der Waals surface area contributed by atoms with Crippen molar-refractivity contribution in [2.45, 2.75) is 155 Å². The van der Waals surface area contributed by atoms with E-state index in [-0.39, 0.29) is 36.7 Å². The number of hydrogen-bond acceptors (Lipinski definition) is 8. The van der Waals surface area contributed by atoms with Gasteiger partial charge in [-0.2, -0.15) is 5.01 Å². The molecule has 12 heteroatoms. The summed E-state index contributed by atoms with van der Waals surface area (Å²) in [6.07, 6.45) is 14.0. The van der Waals surface area contributed by atoms with E-state index in [2.05, 4.69) is 26.2 Å². The van der Waals surface area contributed by atoms with Gasteiger partial charge in [-0.25, -0.2) is 27.7 Å². The van der Waals surface area contributed by atoms with Crippen LogP contribution in [0.1, 0.15) is 141 Å². The number of amides is 3. The zero-order valence-electron chi connectivity index (χ0n) is 33.7. The Morgan fingerprint density at radius 3 is 1.84 bits per heavy atom. The Morgan fingerprint density at radius 1 is 0.786 bits per heavy atom. The molecule has 5 rings (SSSR count). The number of sulfonamides is 1. The molecule has 1 heterocycles. The van der Waals surface area contributed by atoms with E-state index in [1.165, 1.54) is 51.4 Å². The van der Waals surface area contributed by atoms with Gasteiger partial charge in [-0.05, 0) is 48.1 Å². The van der Waals surface area contributed by atoms with E-state index >= 15 is 0 Å². The fraction of sp³-hybridized carbons (Fsp3) is 0.636. The number of ether oxygens (including phenoxy) is 2. The molecule has 2 saturated carbocycles. The van der Waals surface area contributed by atoms with Gasteiger partial charge >= 0.3 is 12.2 Å². The van der Waals surface area contributed by atoms with Crippen LogP contribution in [0.25, 0.3) is 0 Å². The van der Waals surface area contributed by atoms with Gasteiger partial charge < -0.3 is 9.47 Å². The summed E-state index contributed by atoms with van der Waals surface area (Å²) in [4.78, 5) is 56.4. The van der Waals surface area contributed by atoms with E-state index in [1.54, 1.807) is 48.5 Å². The Hall–Kier alpha value is -3.93. The van der Waals surface area contributed by atoms with E-state index in [9.17, 15) is 27.6 Å². The predicted molar refractivity (Wildman–Crippen MR) is 215 cm³/mol. The predicted octanol–water partition coefficient (Wildman–Crippen LogP) is 9.25. The summed E-state index contributed by atoms with van der Waals surface area (Å²) in [5.41, 5.74) is 2.66. The Labute approximate surface area is 334 Å². The first-order valence-electron chi connectivity index (χ1n) is 21.0. The summed E-state index contributed by atoms with van der Waals surface area (Å²) in [7, 11) is -4.17. The van der Waals surface area contributed by atoms with Gasteiger partial charge in [0.1, 0.15) is 13.2 Å². The Bertz CT molecular complexity index is 1720. The van der Waals surface area contributed by atoms with Gasteiger partial charge in [0, 0.05) is 11.8 Å². The summed E-state index contributed by atoms with van der Waals surface area (Å²) in [6, 6.07) is 15.1. The van der Waals surface area contributed by atoms with Crippen LogP contribution in [0.5, 0.6) is 0 Å². The van der Waals surface area contributed by atoms with E-state index in [0.29, 0.717) is 35.4 Å². The fourth-order valence-corrected chi connectivity index (χ4v) is 12.0. The highest BCUT2D eigenvalue weighted by atomic mass is 32.2. The number of benzene rings is 2. The van der Waals surface area contributed by atoms with Crippen molar-refractivity contribution in [3.05, 3.63) is 71.8 Å². The van der Waals surface area contributed by atoms with Gasteiger partial charge in [-0.3, -0.25) is 9.59 Å². The zero-order valence-corrected chi connectivity index (χ0v) is 34.5. The highest BCUT2D eigenvalue weighted by molar-refractivity contribution is 7.90. The van der Waals surface area contributed by atoms with Crippen LogP contribution in [0.15, 0.2) is 60.7 Å². The molecular weight excluding hydrogens is 731 g/mol. The monoisotopic (exact) mass is 793 g/mol. The van der Waals surface area contributed by atoms with Crippen LogP contribution in [0, 0.1) is 16.7 Å². The second-order valence-corrected chi connectivity index (χ2v) is 18.5. The molecule has 1 N–H and O–H groups in total. The number of nitrogens with zero attached hydrogens (tertiary/aromatic N) is 2. The van der Waals surface area contributed by atoms with E-state index in [4.69, 9.17) is 9.47 Å². The fourth-order valence-electron chi connectivity index (χ4n) is 9.40. The molecule has 1 saturated heterocycles. The van der Waals surface area contributed by atoms with Crippen LogP contribution in [0.3, 0.4) is 0 Å². The molecule has 56 heavy (non-hydrogen) atoms. The molecule has 4 atom stereocenters. The second kappa shape index (κ2) is 20.0. The number of rotatable bonds is 21. The third-order valence-corrected chi connectivity index (χ3v) is 14.7. The minimum absolute atomic E-state index is 0.0881. The minimum atomic E-state index is -4.17. The van der Waals surface area contributed by atoms with Gasteiger partial charge in [0.25, 0.3) is 5.91 Å². The topological polar surface area (TPSA) is 139 Å². The first kappa shape index (κ1) is 43.2. The van der Waals surface area contributed by atoms with Gasteiger partial charge in [0.15, 0.2) is 11.8 Å². The van der Waals surface area contributed by atoms with E-state index < -0.39 is 51.4 Å². The molecule has 2 unspecified atom stereocenters. The highest BCUT2D eigenvalue weighted by Gasteiger charge is 2.73. The van der Waals surface area contributed by atoms with Crippen molar-refractivity contribution >= 4 is 33.9 Å². The molecule has 3 amide bonds. The first-order chi connectivity index (χ1) is 26.9. The highest BCUT2D eigenvalue weighted by Crippen LogP contribution is 2.70. The number of Topliss-reactive ketones (excluding diaryl/α,β-unsaturated/α-hetero) is 1. The van der Waals surface area contributed by atoms with Gasteiger partial charge in [-0.1, -0.05) is 158 Å². The maximum absolute atomic E-state index is 14.8. The summed E-state index contributed by atoms with van der Waals surface area (Å²) < 4.78 is 39.9. The van der Waals surface area contributed by atoms with E-state index in [1.807, 2.05) is 12.1 Å². The third kappa shape index (κ3) is 10.3. The summed E-state index contributed by atoms with van der Waals surface area (Å²) in [5, 5.41) is 0.558. The number of hydrazine groups is 1. The molecule has 3 aliphatic rings. The smallest absolute Gasteiger partial charge is 0.430 e. The third-order valence-electron chi connectivity index (χ3n) is 12.8. The molecule has 2 aromatic carbocycles. The van der Waals surface area contributed by atoms with Crippen LogP contribution in [0.2, 0.25) is 0 Å². The molecule has 308 valence electrons. The van der Waals surface area contributed by atoms with Crippen LogP contribution in [-0.2, 0) is 42.3 Å². The van der Waals surface area contributed by atoms with Crippen LogP contribution >= 0.6 is 0 Å². The van der Waals surface area contributed by atoms with Crippen LogP contribution in [-0.4, -0.2) is 59.4 Å². The summed E-state index contributed by atoms with van der Waals surface area (Å²) in [6.45, 7) is 6.01. The number of hydrogen-bond donors (Lipinski definition) is 1. The maximum Gasteiger partial charge on any atom is 0.430 e. The number of carbonyl (C=O) groups is 4. The largest absolute Gasteiger partial charge is 0.443 e. The molecule has 2 aliphatic carbocycles. The Morgan fingerprint density at radius 2 is 1.30 bits per heavy atom. The summed E-state index contributed by atoms with van der Waals surface area (Å²) in [5.74, 6) is -1.70. The molecular formula is C44H63N3O8S. The molecule has 1 aliphatic heterocycles. The van der Waals surface area contributed by atoms with Crippen molar-refractivity contribution in [1.29, 1.82) is 0 Å². The number of carbonyl (C=O) groups excluding carboxylic acids is 4. The number of ketones is 1. The first-order valence-corrected chi connectivity index (χ1v) is 22.6. The molecule has 0 radical (unpaired) electrons. The lowest BCUT2D eigenvalue weighted by Crippen LogP contribution is -2.62. The lowest BCUT2D eigenvalue weighted by Gasteiger charge is -2.38. The maximum atomic E-state index is 14.8. The normalized spacial score (nSPS) is 21.9. The average Bonchev–Trinajstić information content (AvgIpc) is 3.67. The van der Waals surface area contributed by atoms with Gasteiger partial charge in [0.05, 0.1) is 11.8 Å². The van der Waals surface area contributed by atoms with Crippen molar-refractivity contribution in [1.82, 2.24) is 14.7 Å². The molecule has 11 nitrogen and oxygen atoms in total. The molecule has 3 fully saturated rings. The SMILES string of the molecule is CCCCCCCCCCCCCCCC(=O)[C@H](C(=O)N1[C@@H]2CC3CCC2(CS1(=O)=O)C3(C)C)N(NC(=O)OCc1ccccc1)C(=O)OCc1ccccc1. The average molecular weight is 794 g/mol. The molecule has 2 aromatic rings. The van der Waals surface area contributed by atoms with Crippen LogP contribution < -0.4 is 5.43 Å². The minimum Gasteiger partial charge on any atom is -0.443 e. The standard InChI is InChI=1S/C44H63N3O8S/c1-4-5-6-7-8-9-10-11-12-13-14-15-22-27-37(48)39(40(49)47-38-30-36-28-29-44(38,43(36,2)3)33-56(47,52)53)46(42(51)55-32-35-25-20-17-21-26-35)45-41(50)54-31-34-23-18-16-19-24-34/h16-21,23-26,36,38-39H,4-15,22,27-33H2,1-3H3,(H,45,50)/t36?,38-,39-,44?/m1/s1. The van der Waals surface area contributed by atoms with Crippen LogP contribution in [0.4, 0.5) is 9.59 Å². The molecule has 1 spiro atoms. The Balaban J connectivity index is 1.32. The van der Waals surface area contributed by atoms with Crippen molar-refractivity contribution in [3.63, 3.8) is 0 Å².